The lowest BCUT2D eigenvalue weighted by Gasteiger charge is -2.35. The number of ether oxygens (including phenoxy) is 1. The van der Waals surface area contributed by atoms with Crippen LogP contribution in [-0.4, -0.2) is 50.4 Å². The van der Waals surface area contributed by atoms with Gasteiger partial charge in [-0.25, -0.2) is 8.42 Å². The third kappa shape index (κ3) is 9.68. The van der Waals surface area contributed by atoms with Gasteiger partial charge in [-0.2, -0.15) is 0 Å². The molecule has 0 bridgehead atoms. The van der Waals surface area contributed by atoms with Crippen LogP contribution < -0.4 is 14.4 Å². The highest BCUT2D eigenvalue weighted by atomic mass is 79.9. The van der Waals surface area contributed by atoms with Gasteiger partial charge in [0, 0.05) is 23.0 Å². The fraction of sp³-hybridized carbons (Fsp3) is 0.278. The Bertz CT molecular complexity index is 1790. The summed E-state index contributed by atoms with van der Waals surface area (Å²) < 4.78 is 36.4. The molecule has 248 valence electrons. The van der Waals surface area contributed by atoms with Crippen LogP contribution in [0.25, 0.3) is 0 Å². The summed E-state index contributed by atoms with van der Waals surface area (Å²) in [6.07, 6.45) is 0.230. The van der Waals surface area contributed by atoms with Gasteiger partial charge in [0.2, 0.25) is 11.8 Å². The Hall–Kier alpha value is -3.67. The maximum Gasteiger partial charge on any atom is 0.264 e. The zero-order valence-corrected chi connectivity index (χ0v) is 31.0. The Labute approximate surface area is 294 Å². The van der Waals surface area contributed by atoms with Crippen molar-refractivity contribution in [1.29, 1.82) is 0 Å². The van der Waals surface area contributed by atoms with Gasteiger partial charge in [0.15, 0.2) is 0 Å². The van der Waals surface area contributed by atoms with Crippen LogP contribution in [0.4, 0.5) is 5.69 Å². The van der Waals surface area contributed by atoms with E-state index in [-0.39, 0.29) is 23.8 Å². The Morgan fingerprint density at radius 1 is 0.872 bits per heavy atom. The summed E-state index contributed by atoms with van der Waals surface area (Å²) in [6, 6.07) is 27.4. The molecule has 8 nitrogen and oxygen atoms in total. The average Bonchev–Trinajstić information content (AvgIpc) is 3.02. The minimum absolute atomic E-state index is 0.0238. The highest BCUT2D eigenvalue weighted by Crippen LogP contribution is 2.31. The fourth-order valence-corrected chi connectivity index (χ4v) is 7.37. The lowest BCUT2D eigenvalue weighted by molar-refractivity contribution is -0.140. The number of carbonyl (C=O) groups is 2. The molecule has 0 heterocycles. The number of methoxy groups -OCH3 is 1. The molecule has 0 fully saturated rings. The van der Waals surface area contributed by atoms with E-state index in [0.29, 0.717) is 15.9 Å². The van der Waals surface area contributed by atoms with Crippen LogP contribution in [0.2, 0.25) is 0 Å². The van der Waals surface area contributed by atoms with Crippen molar-refractivity contribution in [3.63, 3.8) is 0 Å². The van der Waals surface area contributed by atoms with Gasteiger partial charge in [0.1, 0.15) is 18.3 Å². The maximum atomic E-state index is 14.6. The second-order valence-corrected chi connectivity index (χ2v) is 15.9. The van der Waals surface area contributed by atoms with E-state index in [1.54, 1.807) is 30.3 Å². The number of sulfonamides is 1. The van der Waals surface area contributed by atoms with Gasteiger partial charge >= 0.3 is 0 Å². The van der Waals surface area contributed by atoms with Crippen LogP contribution in [0, 0.1) is 6.92 Å². The number of hydrogen-bond donors (Lipinski definition) is 1. The van der Waals surface area contributed by atoms with Gasteiger partial charge in [-0.15, -0.1) is 0 Å². The molecule has 4 aromatic carbocycles. The summed E-state index contributed by atoms with van der Waals surface area (Å²) >= 11 is 6.85. The number of aryl methyl sites for hydroxylation is 1. The van der Waals surface area contributed by atoms with E-state index in [0.717, 1.165) is 25.5 Å². The molecule has 0 aliphatic rings. The van der Waals surface area contributed by atoms with Gasteiger partial charge in [0.25, 0.3) is 10.0 Å². The van der Waals surface area contributed by atoms with Crippen molar-refractivity contribution in [2.24, 2.45) is 0 Å². The molecular formula is C36H39Br2N3O5S. The zero-order valence-electron chi connectivity index (χ0n) is 27.0. The van der Waals surface area contributed by atoms with Gasteiger partial charge in [-0.1, -0.05) is 76.1 Å². The highest BCUT2D eigenvalue weighted by molar-refractivity contribution is 9.10. The number of nitrogens with zero attached hydrogens (tertiary/aromatic N) is 2. The largest absolute Gasteiger partial charge is 0.496 e. The summed E-state index contributed by atoms with van der Waals surface area (Å²) in [6.45, 7) is 7.07. The van der Waals surface area contributed by atoms with Crippen molar-refractivity contribution in [2.75, 3.05) is 18.0 Å². The number of rotatable bonds is 12. The number of nitrogens with one attached hydrogen (secondary N) is 1. The predicted octanol–water partition coefficient (Wildman–Crippen LogP) is 7.28. The zero-order chi connectivity index (χ0) is 34.4. The Morgan fingerprint density at radius 2 is 1.51 bits per heavy atom. The number of anilines is 1. The molecule has 0 saturated carbocycles. The quantitative estimate of drug-likeness (QED) is 0.163. The smallest absolute Gasteiger partial charge is 0.264 e. The standard InChI is InChI=1S/C36H39Br2N3O5S/c1-25-11-17-29(18-12-25)41(47(44,45)30-19-20-33(46-5)31(38)22-30)24-34(42)40(23-27-13-15-28(37)16-14-27)32(35(43)39-36(2,3)4)21-26-9-7-6-8-10-26/h6-20,22,32H,21,23-24H2,1-5H3,(H,39,43). The second-order valence-electron chi connectivity index (χ2n) is 12.2. The van der Waals surface area contributed by atoms with E-state index in [4.69, 9.17) is 4.74 Å². The number of carbonyl (C=O) groups excluding carboxylic acids is 2. The molecule has 0 radical (unpaired) electrons. The minimum Gasteiger partial charge on any atom is -0.496 e. The molecule has 0 aliphatic carbocycles. The molecule has 4 aromatic rings. The first-order chi connectivity index (χ1) is 22.2. The van der Waals surface area contributed by atoms with E-state index in [1.165, 1.54) is 24.1 Å². The molecule has 47 heavy (non-hydrogen) atoms. The molecule has 1 unspecified atom stereocenters. The van der Waals surface area contributed by atoms with Crippen LogP contribution in [0.5, 0.6) is 5.75 Å². The van der Waals surface area contributed by atoms with E-state index >= 15 is 0 Å². The van der Waals surface area contributed by atoms with E-state index in [9.17, 15) is 18.0 Å². The van der Waals surface area contributed by atoms with Gasteiger partial charge in [0.05, 0.1) is 22.2 Å². The highest BCUT2D eigenvalue weighted by Gasteiger charge is 2.35. The summed E-state index contributed by atoms with van der Waals surface area (Å²) in [5, 5.41) is 3.04. The van der Waals surface area contributed by atoms with Gasteiger partial charge in [-0.05, 0) is 97.2 Å². The fourth-order valence-electron chi connectivity index (χ4n) is 4.97. The minimum atomic E-state index is -4.26. The van der Waals surface area contributed by atoms with E-state index in [1.807, 2.05) is 82.3 Å². The van der Waals surface area contributed by atoms with Crippen LogP contribution in [0.1, 0.15) is 37.5 Å². The van der Waals surface area contributed by atoms with Gasteiger partial charge in [-0.3, -0.25) is 13.9 Å². The van der Waals surface area contributed by atoms with Crippen LogP contribution in [0.15, 0.2) is 111 Å². The number of benzene rings is 4. The normalized spacial score (nSPS) is 12.2. The number of halogens is 2. The van der Waals surface area contributed by atoms with Crippen LogP contribution in [-0.2, 0) is 32.6 Å². The summed E-state index contributed by atoms with van der Waals surface area (Å²) in [7, 11) is -2.77. The first-order valence-electron chi connectivity index (χ1n) is 15.0. The lowest BCUT2D eigenvalue weighted by atomic mass is 10.0. The van der Waals surface area contributed by atoms with Gasteiger partial charge < -0.3 is 15.0 Å². The summed E-state index contributed by atoms with van der Waals surface area (Å²) in [5.41, 5.74) is 2.33. The first-order valence-corrected chi connectivity index (χ1v) is 18.0. The molecule has 2 amide bonds. The summed E-state index contributed by atoms with van der Waals surface area (Å²) in [5.74, 6) is -0.401. The van der Waals surface area contributed by atoms with Crippen molar-refractivity contribution in [3.05, 3.63) is 123 Å². The lowest BCUT2D eigenvalue weighted by Crippen LogP contribution is -2.56. The predicted molar refractivity (Wildman–Crippen MR) is 193 cm³/mol. The molecule has 0 aromatic heterocycles. The number of hydrogen-bond acceptors (Lipinski definition) is 5. The topological polar surface area (TPSA) is 96.0 Å². The van der Waals surface area contributed by atoms with E-state index < -0.39 is 34.1 Å². The van der Waals surface area contributed by atoms with Crippen molar-refractivity contribution < 1.29 is 22.7 Å². The Balaban J connectivity index is 1.82. The molecule has 1 N–H and O–H groups in total. The van der Waals surface area contributed by atoms with Crippen LogP contribution in [0.3, 0.4) is 0 Å². The summed E-state index contributed by atoms with van der Waals surface area (Å²) in [4.78, 5) is 30.1. The van der Waals surface area contributed by atoms with E-state index in [2.05, 4.69) is 37.2 Å². The van der Waals surface area contributed by atoms with Crippen molar-refractivity contribution in [3.8, 4) is 5.75 Å². The van der Waals surface area contributed by atoms with Crippen molar-refractivity contribution in [2.45, 2.75) is 57.1 Å². The molecule has 1 atom stereocenters. The van der Waals surface area contributed by atoms with Crippen LogP contribution >= 0.6 is 31.9 Å². The molecule has 11 heteroatoms. The number of amides is 2. The molecular weight excluding hydrogens is 746 g/mol. The molecule has 0 aliphatic heterocycles. The monoisotopic (exact) mass is 783 g/mol. The molecule has 0 saturated heterocycles. The second kappa shape index (κ2) is 15.5. The maximum absolute atomic E-state index is 14.6. The Morgan fingerprint density at radius 3 is 2.09 bits per heavy atom. The van der Waals surface area contributed by atoms with Crippen molar-refractivity contribution >= 4 is 59.4 Å². The molecule has 4 rings (SSSR count). The molecule has 0 spiro atoms. The SMILES string of the molecule is COc1ccc(S(=O)(=O)N(CC(=O)N(Cc2ccc(Br)cc2)C(Cc2ccccc2)C(=O)NC(C)(C)C)c2ccc(C)cc2)cc1Br. The third-order valence-corrected chi connectivity index (χ3v) is 10.3. The first kappa shape index (κ1) is 36.2. The Kier molecular flexibility index (Phi) is 11.9. The van der Waals surface area contributed by atoms with Crippen molar-refractivity contribution in [1.82, 2.24) is 10.2 Å². The third-order valence-electron chi connectivity index (χ3n) is 7.35. The average molecular weight is 786 g/mol.